The number of nitrogens with two attached hydrogens (primary N) is 1. The molecule has 3 aromatic rings. The molecule has 0 aliphatic heterocycles. The maximum atomic E-state index is 12.4. The monoisotopic (exact) mass is 415 g/mol. The second-order valence-corrected chi connectivity index (χ2v) is 9.04. The summed E-state index contributed by atoms with van der Waals surface area (Å²) in [5.41, 5.74) is 8.10. The fourth-order valence-electron chi connectivity index (χ4n) is 2.98. The average Bonchev–Trinajstić information content (AvgIpc) is 3.08. The first kappa shape index (κ1) is 20.5. The van der Waals surface area contributed by atoms with Gasteiger partial charge in [0.25, 0.3) is 5.56 Å². The molecule has 0 fully saturated rings. The van der Waals surface area contributed by atoms with Crippen molar-refractivity contribution in [1.82, 2.24) is 19.6 Å². The Hall–Kier alpha value is -3.27. The summed E-state index contributed by atoms with van der Waals surface area (Å²) in [4.78, 5) is 23.8. The molecule has 1 unspecified atom stereocenters. The van der Waals surface area contributed by atoms with E-state index in [1.54, 1.807) is 16.9 Å². The molecule has 0 saturated carbocycles. The Morgan fingerprint density at radius 3 is 2.38 bits per heavy atom. The Morgan fingerprint density at radius 2 is 1.86 bits per heavy atom. The van der Waals surface area contributed by atoms with Crippen LogP contribution in [0.1, 0.15) is 12.1 Å². The van der Waals surface area contributed by atoms with Crippen LogP contribution in [0.2, 0.25) is 0 Å². The molecule has 0 radical (unpaired) electrons. The van der Waals surface area contributed by atoms with Crippen LogP contribution in [0.15, 0.2) is 53.6 Å². The van der Waals surface area contributed by atoms with Gasteiger partial charge in [-0.15, -0.1) is 5.10 Å². The first-order valence-corrected chi connectivity index (χ1v) is 10.8. The lowest BCUT2D eigenvalue weighted by Gasteiger charge is -2.13. The smallest absolute Gasteiger partial charge is 0.251 e. The highest BCUT2D eigenvalue weighted by atomic mass is 32.2. The molecule has 1 atom stereocenters. The van der Waals surface area contributed by atoms with Gasteiger partial charge in [-0.1, -0.05) is 17.3 Å². The van der Waals surface area contributed by atoms with Crippen molar-refractivity contribution in [2.24, 2.45) is 5.73 Å². The van der Waals surface area contributed by atoms with Crippen LogP contribution >= 0.6 is 0 Å². The number of amides is 1. The third-order valence-electron chi connectivity index (χ3n) is 4.54. The Labute approximate surface area is 167 Å². The van der Waals surface area contributed by atoms with Gasteiger partial charge >= 0.3 is 0 Å². The Balaban J connectivity index is 1.77. The molecule has 9 nitrogen and oxygen atoms in total. The lowest BCUT2D eigenvalue weighted by atomic mass is 10.1. The van der Waals surface area contributed by atoms with Crippen molar-refractivity contribution < 1.29 is 13.2 Å². The highest BCUT2D eigenvalue weighted by Crippen LogP contribution is 2.19. The van der Waals surface area contributed by atoms with Crippen LogP contribution in [0, 0.1) is 6.92 Å². The molecule has 0 spiro atoms. The van der Waals surface area contributed by atoms with E-state index in [0.29, 0.717) is 0 Å². The lowest BCUT2D eigenvalue weighted by molar-refractivity contribution is -0.117. The Morgan fingerprint density at radius 1 is 1.17 bits per heavy atom. The Bertz CT molecular complexity index is 1200. The number of aryl methyl sites for hydroxylation is 2. The van der Waals surface area contributed by atoms with Gasteiger partial charge in [0.1, 0.15) is 5.25 Å². The van der Waals surface area contributed by atoms with E-state index in [4.69, 9.17) is 5.73 Å². The third kappa shape index (κ3) is 4.77. The van der Waals surface area contributed by atoms with Gasteiger partial charge in [0.2, 0.25) is 5.91 Å². The van der Waals surface area contributed by atoms with Gasteiger partial charge in [-0.2, -0.15) is 0 Å². The highest BCUT2D eigenvalue weighted by molar-refractivity contribution is 7.92. The fourth-order valence-corrected chi connectivity index (χ4v) is 3.93. The van der Waals surface area contributed by atoms with Crippen molar-refractivity contribution in [2.75, 3.05) is 6.26 Å². The Kier molecular flexibility index (Phi) is 5.64. The fraction of sp³-hybridized carbons (Fsp3) is 0.263. The van der Waals surface area contributed by atoms with Crippen molar-refractivity contribution in [2.45, 2.75) is 25.1 Å². The summed E-state index contributed by atoms with van der Waals surface area (Å²) in [7, 11) is -3.63. The van der Waals surface area contributed by atoms with Gasteiger partial charge in [0, 0.05) is 25.1 Å². The van der Waals surface area contributed by atoms with Crippen LogP contribution < -0.4 is 11.3 Å². The number of benzene rings is 1. The molecular weight excluding hydrogens is 394 g/mol. The summed E-state index contributed by atoms with van der Waals surface area (Å²) in [6, 6.07) is 10.7. The average molecular weight is 415 g/mol. The molecule has 2 aromatic heterocycles. The molecule has 29 heavy (non-hydrogen) atoms. The number of nitrogens with zero attached hydrogens (tertiary/aromatic N) is 4. The summed E-state index contributed by atoms with van der Waals surface area (Å²) in [5, 5.41) is 6.65. The van der Waals surface area contributed by atoms with Crippen LogP contribution in [-0.4, -0.2) is 45.4 Å². The minimum atomic E-state index is -3.63. The van der Waals surface area contributed by atoms with Crippen LogP contribution in [0.3, 0.4) is 0 Å². The van der Waals surface area contributed by atoms with E-state index in [9.17, 15) is 18.0 Å². The van der Waals surface area contributed by atoms with E-state index in [1.165, 1.54) is 10.6 Å². The number of rotatable bonds is 7. The molecule has 0 saturated heterocycles. The van der Waals surface area contributed by atoms with Crippen LogP contribution in [-0.2, 0) is 21.2 Å². The number of carbonyl (C=O) groups excluding carboxylic acids is 1. The van der Waals surface area contributed by atoms with Gasteiger partial charge in [0.05, 0.1) is 17.6 Å². The van der Waals surface area contributed by atoms with Crippen LogP contribution in [0.25, 0.3) is 16.8 Å². The maximum Gasteiger partial charge on any atom is 0.251 e. The lowest BCUT2D eigenvalue weighted by Crippen LogP contribution is -2.36. The number of sulfone groups is 1. The molecule has 1 amide bonds. The van der Waals surface area contributed by atoms with E-state index in [-0.39, 0.29) is 18.5 Å². The van der Waals surface area contributed by atoms with Gasteiger partial charge in [-0.25, -0.2) is 13.1 Å². The molecule has 1 aromatic carbocycles. The number of primary amides is 1. The molecule has 10 heteroatoms. The molecule has 3 rings (SSSR count). The second-order valence-electron chi connectivity index (χ2n) is 6.81. The zero-order valence-electron chi connectivity index (χ0n) is 16.0. The number of hydrogen-bond donors (Lipinski definition) is 1. The maximum absolute atomic E-state index is 12.4. The van der Waals surface area contributed by atoms with Gasteiger partial charge < -0.3 is 10.3 Å². The molecule has 0 aliphatic carbocycles. The normalized spacial score (nSPS) is 12.6. The molecular formula is C19H21N5O4S. The van der Waals surface area contributed by atoms with Gasteiger partial charge in [-0.3, -0.25) is 9.59 Å². The molecule has 0 aliphatic rings. The predicted molar refractivity (Wildman–Crippen MR) is 108 cm³/mol. The van der Waals surface area contributed by atoms with E-state index < -0.39 is 21.0 Å². The van der Waals surface area contributed by atoms with E-state index in [1.807, 2.05) is 37.4 Å². The molecule has 2 heterocycles. The summed E-state index contributed by atoms with van der Waals surface area (Å²) < 4.78 is 26.3. The number of pyridine rings is 1. The van der Waals surface area contributed by atoms with Crippen molar-refractivity contribution in [3.8, 4) is 16.8 Å². The van der Waals surface area contributed by atoms with Crippen molar-refractivity contribution in [3.05, 3.63) is 64.8 Å². The highest BCUT2D eigenvalue weighted by Gasteiger charge is 2.26. The first-order valence-electron chi connectivity index (χ1n) is 8.83. The summed E-state index contributed by atoms with van der Waals surface area (Å²) in [6.07, 6.45) is 4.29. The molecule has 0 bridgehead atoms. The van der Waals surface area contributed by atoms with Crippen LogP contribution in [0.5, 0.6) is 0 Å². The third-order valence-corrected chi connectivity index (χ3v) is 6.04. The first-order chi connectivity index (χ1) is 13.6. The minimum absolute atomic E-state index is 0.0561. The molecule has 152 valence electrons. The zero-order chi connectivity index (χ0) is 21.2. The largest absolute Gasteiger partial charge is 0.369 e. The SMILES string of the molecule is Cc1cn(-c2ccc(-c3ccn(CCC(C(N)=O)S(C)(=O)=O)c(=O)c3)cc2)nn1. The topological polar surface area (TPSA) is 130 Å². The van der Waals surface area contributed by atoms with E-state index >= 15 is 0 Å². The van der Waals surface area contributed by atoms with E-state index in [0.717, 1.165) is 28.8 Å². The van der Waals surface area contributed by atoms with Gasteiger partial charge in [0.15, 0.2) is 9.84 Å². The summed E-state index contributed by atoms with van der Waals surface area (Å²) in [5.74, 6) is -0.917. The van der Waals surface area contributed by atoms with Gasteiger partial charge in [-0.05, 0) is 42.7 Å². The molecule has 2 N–H and O–H groups in total. The summed E-state index contributed by atoms with van der Waals surface area (Å²) in [6.45, 7) is 1.93. The number of carbonyl (C=O) groups is 1. The van der Waals surface area contributed by atoms with Crippen molar-refractivity contribution in [3.63, 3.8) is 0 Å². The minimum Gasteiger partial charge on any atom is -0.369 e. The van der Waals surface area contributed by atoms with Crippen LogP contribution in [0.4, 0.5) is 0 Å². The quantitative estimate of drug-likeness (QED) is 0.604. The van der Waals surface area contributed by atoms with E-state index in [2.05, 4.69) is 10.3 Å². The number of aromatic nitrogens is 4. The standard InChI is InChI=1S/C19H21N5O4S/c1-13-12-24(22-21-13)16-5-3-14(4-6-16)15-7-9-23(18(25)11-15)10-8-17(19(20)26)29(2,27)28/h3-7,9,11-12,17H,8,10H2,1-2H3,(H2,20,26). The zero-order valence-corrected chi connectivity index (χ0v) is 16.8. The van der Waals surface area contributed by atoms with Crippen molar-refractivity contribution >= 4 is 15.7 Å². The predicted octanol–water partition coefficient (Wildman–Crippen LogP) is 0.693. The second kappa shape index (κ2) is 8.00. The van der Waals surface area contributed by atoms with Crippen molar-refractivity contribution in [1.29, 1.82) is 0 Å². The number of hydrogen-bond acceptors (Lipinski definition) is 6. The summed E-state index contributed by atoms with van der Waals surface area (Å²) >= 11 is 0.